The second kappa shape index (κ2) is 3.37. The average molecular weight is 211 g/mol. The van der Waals surface area contributed by atoms with Gasteiger partial charge in [-0.1, -0.05) is 0 Å². The van der Waals surface area contributed by atoms with E-state index in [0.717, 1.165) is 5.56 Å². The lowest BCUT2D eigenvalue weighted by molar-refractivity contribution is -0.151. The quantitative estimate of drug-likeness (QED) is 0.789. The van der Waals surface area contributed by atoms with Gasteiger partial charge >= 0.3 is 0 Å². The summed E-state index contributed by atoms with van der Waals surface area (Å²) in [6.07, 6.45) is 0.458. The maximum absolute atomic E-state index is 11.6. The summed E-state index contributed by atoms with van der Waals surface area (Å²) >= 11 is 1.60. The van der Waals surface area contributed by atoms with Crippen LogP contribution < -0.4 is 0 Å². The van der Waals surface area contributed by atoms with Gasteiger partial charge in [0.2, 0.25) is 5.91 Å². The molecule has 0 radical (unpaired) electrons. The molecule has 1 aromatic rings. The Hall–Kier alpha value is -0.870. The number of carbonyl (C=O) groups is 1. The lowest BCUT2D eigenvalue weighted by atomic mass is 9.96. The van der Waals surface area contributed by atoms with Gasteiger partial charge < -0.3 is 10.0 Å². The second-order valence-corrected chi connectivity index (χ2v) is 4.84. The van der Waals surface area contributed by atoms with Crippen molar-refractivity contribution in [1.82, 2.24) is 4.90 Å². The van der Waals surface area contributed by atoms with Crippen molar-refractivity contribution in [2.75, 3.05) is 13.1 Å². The summed E-state index contributed by atoms with van der Waals surface area (Å²) in [4.78, 5) is 13.3. The molecule has 1 amide bonds. The number of likely N-dealkylation sites (tertiary alicyclic amines) is 1. The minimum Gasteiger partial charge on any atom is -0.386 e. The third-order valence-corrected chi connectivity index (χ3v) is 3.08. The highest BCUT2D eigenvalue weighted by Crippen LogP contribution is 2.21. The molecule has 1 aromatic heterocycles. The zero-order valence-electron chi connectivity index (χ0n) is 8.06. The number of β-amino-alcohol motifs (C(OH)–C–C–N with tert-alkyl or cyclic N) is 1. The van der Waals surface area contributed by atoms with E-state index >= 15 is 0 Å². The van der Waals surface area contributed by atoms with Crippen molar-refractivity contribution in [1.29, 1.82) is 0 Å². The number of rotatable bonds is 2. The van der Waals surface area contributed by atoms with Crippen molar-refractivity contribution >= 4 is 17.2 Å². The Morgan fingerprint density at radius 2 is 2.43 bits per heavy atom. The van der Waals surface area contributed by atoms with E-state index in [0.29, 0.717) is 19.5 Å². The highest BCUT2D eigenvalue weighted by molar-refractivity contribution is 7.07. The lowest BCUT2D eigenvalue weighted by Gasteiger charge is -2.44. The number of nitrogens with zero attached hydrogens (tertiary/aromatic N) is 1. The highest BCUT2D eigenvalue weighted by atomic mass is 32.1. The van der Waals surface area contributed by atoms with E-state index in [9.17, 15) is 9.90 Å². The molecule has 0 atom stereocenters. The van der Waals surface area contributed by atoms with Gasteiger partial charge in [-0.15, -0.1) is 0 Å². The zero-order chi connectivity index (χ0) is 10.2. The summed E-state index contributed by atoms with van der Waals surface area (Å²) in [6.45, 7) is 2.69. The first kappa shape index (κ1) is 9.68. The van der Waals surface area contributed by atoms with Gasteiger partial charge in [-0.3, -0.25) is 4.79 Å². The van der Waals surface area contributed by atoms with Crippen LogP contribution in [0.1, 0.15) is 12.5 Å². The number of carbonyl (C=O) groups excluding carboxylic acids is 1. The summed E-state index contributed by atoms with van der Waals surface area (Å²) in [7, 11) is 0. The first-order valence-electron chi connectivity index (χ1n) is 4.58. The van der Waals surface area contributed by atoms with E-state index in [1.807, 2.05) is 16.8 Å². The molecule has 0 spiro atoms. The summed E-state index contributed by atoms with van der Waals surface area (Å²) < 4.78 is 0. The van der Waals surface area contributed by atoms with Crippen LogP contribution >= 0.6 is 11.3 Å². The van der Waals surface area contributed by atoms with Crippen molar-refractivity contribution in [3.63, 3.8) is 0 Å². The summed E-state index contributed by atoms with van der Waals surface area (Å²) in [6, 6.07) is 1.96. The molecule has 1 fully saturated rings. The summed E-state index contributed by atoms with van der Waals surface area (Å²) in [5, 5.41) is 13.4. The van der Waals surface area contributed by atoms with Crippen LogP contribution in [0.4, 0.5) is 0 Å². The van der Waals surface area contributed by atoms with Crippen LogP contribution in [-0.2, 0) is 11.2 Å². The Balaban J connectivity index is 1.86. The maximum atomic E-state index is 11.6. The molecular weight excluding hydrogens is 198 g/mol. The predicted octanol–water partition coefficient (Wildman–Crippen LogP) is 0.884. The number of amides is 1. The molecule has 14 heavy (non-hydrogen) atoms. The van der Waals surface area contributed by atoms with E-state index in [4.69, 9.17) is 0 Å². The fraction of sp³-hybridized carbons (Fsp3) is 0.500. The van der Waals surface area contributed by atoms with E-state index < -0.39 is 5.60 Å². The smallest absolute Gasteiger partial charge is 0.227 e. The van der Waals surface area contributed by atoms with Crippen LogP contribution in [0, 0.1) is 0 Å². The van der Waals surface area contributed by atoms with Crippen LogP contribution in [0.15, 0.2) is 16.8 Å². The van der Waals surface area contributed by atoms with E-state index in [-0.39, 0.29) is 5.91 Å². The Bertz CT molecular complexity index is 324. The van der Waals surface area contributed by atoms with Gasteiger partial charge in [0, 0.05) is 0 Å². The average Bonchev–Trinajstić information content (AvgIpc) is 2.52. The van der Waals surface area contributed by atoms with Crippen LogP contribution in [0.5, 0.6) is 0 Å². The van der Waals surface area contributed by atoms with Crippen molar-refractivity contribution in [2.24, 2.45) is 0 Å². The topological polar surface area (TPSA) is 40.5 Å². The fourth-order valence-electron chi connectivity index (χ4n) is 1.63. The number of hydrogen-bond acceptors (Lipinski definition) is 3. The van der Waals surface area contributed by atoms with Gasteiger partial charge in [0.25, 0.3) is 0 Å². The van der Waals surface area contributed by atoms with Gasteiger partial charge in [-0.05, 0) is 29.3 Å². The van der Waals surface area contributed by atoms with E-state index in [1.165, 1.54) is 0 Å². The molecule has 0 bridgehead atoms. The van der Waals surface area contributed by atoms with Gasteiger partial charge in [0.1, 0.15) is 0 Å². The molecule has 4 heteroatoms. The SMILES string of the molecule is CC1(O)CN(C(=O)Cc2ccsc2)C1. The van der Waals surface area contributed by atoms with Crippen LogP contribution in [-0.4, -0.2) is 34.6 Å². The molecule has 1 N–H and O–H groups in total. The van der Waals surface area contributed by atoms with Gasteiger partial charge in [-0.2, -0.15) is 11.3 Å². The zero-order valence-corrected chi connectivity index (χ0v) is 8.88. The number of thiophene rings is 1. The summed E-state index contributed by atoms with van der Waals surface area (Å²) in [5.74, 6) is 0.106. The highest BCUT2D eigenvalue weighted by Gasteiger charge is 2.38. The molecule has 0 unspecified atom stereocenters. The van der Waals surface area contributed by atoms with E-state index in [2.05, 4.69) is 0 Å². The van der Waals surface area contributed by atoms with Crippen LogP contribution in [0.3, 0.4) is 0 Å². The molecule has 1 saturated heterocycles. The predicted molar refractivity (Wildman–Crippen MR) is 55.2 cm³/mol. The Kier molecular flexibility index (Phi) is 2.33. The van der Waals surface area contributed by atoms with E-state index in [1.54, 1.807) is 23.2 Å². The largest absolute Gasteiger partial charge is 0.386 e. The molecule has 76 valence electrons. The third kappa shape index (κ3) is 1.96. The first-order chi connectivity index (χ1) is 6.57. The first-order valence-corrected chi connectivity index (χ1v) is 5.52. The number of aliphatic hydroxyl groups is 1. The Morgan fingerprint density at radius 3 is 2.93 bits per heavy atom. The lowest BCUT2D eigenvalue weighted by Crippen LogP contribution is -2.62. The number of hydrogen-bond donors (Lipinski definition) is 1. The van der Waals surface area contributed by atoms with Crippen molar-refractivity contribution in [2.45, 2.75) is 18.9 Å². The molecule has 0 aromatic carbocycles. The standard InChI is InChI=1S/C10H13NO2S/c1-10(13)6-11(7-10)9(12)4-8-2-3-14-5-8/h2-3,5,13H,4,6-7H2,1H3. The molecule has 0 saturated carbocycles. The van der Waals surface area contributed by atoms with Crippen molar-refractivity contribution in [3.8, 4) is 0 Å². The summed E-state index contributed by atoms with van der Waals surface area (Å²) in [5.41, 5.74) is 0.399. The van der Waals surface area contributed by atoms with Gasteiger partial charge in [-0.25, -0.2) is 0 Å². The van der Waals surface area contributed by atoms with Crippen molar-refractivity contribution in [3.05, 3.63) is 22.4 Å². The second-order valence-electron chi connectivity index (χ2n) is 4.06. The molecule has 0 aliphatic carbocycles. The van der Waals surface area contributed by atoms with Gasteiger partial charge in [0.15, 0.2) is 0 Å². The molecule has 2 rings (SSSR count). The maximum Gasteiger partial charge on any atom is 0.227 e. The molecule has 3 nitrogen and oxygen atoms in total. The minimum absolute atomic E-state index is 0.106. The third-order valence-electron chi connectivity index (χ3n) is 2.35. The monoisotopic (exact) mass is 211 g/mol. The Morgan fingerprint density at radius 1 is 1.71 bits per heavy atom. The fourth-order valence-corrected chi connectivity index (χ4v) is 2.30. The minimum atomic E-state index is -0.662. The molecule has 1 aliphatic heterocycles. The Labute approximate surface area is 87.0 Å². The van der Waals surface area contributed by atoms with Crippen LogP contribution in [0.2, 0.25) is 0 Å². The van der Waals surface area contributed by atoms with Gasteiger partial charge in [0.05, 0.1) is 25.1 Å². The molecule has 1 aliphatic rings. The molecule has 2 heterocycles. The normalized spacial score (nSPS) is 19.1. The van der Waals surface area contributed by atoms with Crippen molar-refractivity contribution < 1.29 is 9.90 Å². The molecular formula is C10H13NO2S. The van der Waals surface area contributed by atoms with Crippen LogP contribution in [0.25, 0.3) is 0 Å².